The molecule has 0 aliphatic rings. The number of carbonyl (C=O) groups is 1. The summed E-state index contributed by atoms with van der Waals surface area (Å²) in [5, 5.41) is 3.50. The zero-order valence-corrected chi connectivity index (χ0v) is 15.0. The molecule has 0 aliphatic heterocycles. The molecule has 3 aromatic rings. The summed E-state index contributed by atoms with van der Waals surface area (Å²) in [6, 6.07) is 11.5. The molecule has 1 aromatic heterocycles. The highest BCUT2D eigenvalue weighted by Gasteiger charge is 2.20. The van der Waals surface area contributed by atoms with Gasteiger partial charge in [0.05, 0.1) is 15.1 Å². The standard InChI is InChI=1S/C16H13ClN2O3S2/c1-10-12(17)7-8-13-15(10)19-16(23-13)18-14(20)9-24(21,22)11-5-3-2-4-6-11/h2-8H,9H2,1H3,(H,18,19,20). The first-order chi connectivity index (χ1) is 11.4. The van der Waals surface area contributed by atoms with Crippen LogP contribution in [0.1, 0.15) is 5.56 Å². The third-order valence-corrected chi connectivity index (χ3v) is 6.40. The number of hydrogen-bond donors (Lipinski definition) is 1. The van der Waals surface area contributed by atoms with Gasteiger partial charge in [-0.05, 0) is 36.8 Å². The van der Waals surface area contributed by atoms with Crippen LogP contribution in [0.25, 0.3) is 10.2 Å². The first kappa shape index (κ1) is 16.9. The first-order valence-corrected chi connectivity index (χ1v) is 9.85. The van der Waals surface area contributed by atoms with E-state index in [9.17, 15) is 13.2 Å². The molecule has 0 radical (unpaired) electrons. The van der Waals surface area contributed by atoms with Gasteiger partial charge in [-0.3, -0.25) is 4.79 Å². The maximum atomic E-state index is 12.2. The molecule has 124 valence electrons. The van der Waals surface area contributed by atoms with Crippen molar-refractivity contribution in [3.8, 4) is 0 Å². The SMILES string of the molecule is Cc1c(Cl)ccc2sc(NC(=O)CS(=O)(=O)c3ccccc3)nc12. The van der Waals surface area contributed by atoms with Crippen molar-refractivity contribution < 1.29 is 13.2 Å². The molecule has 0 fully saturated rings. The maximum Gasteiger partial charge on any atom is 0.241 e. The number of carbonyl (C=O) groups excluding carboxylic acids is 1. The number of rotatable bonds is 4. The van der Waals surface area contributed by atoms with E-state index in [0.29, 0.717) is 15.7 Å². The van der Waals surface area contributed by atoms with Crippen molar-refractivity contribution in [2.75, 3.05) is 11.1 Å². The van der Waals surface area contributed by atoms with E-state index in [0.717, 1.165) is 10.3 Å². The van der Waals surface area contributed by atoms with Crippen molar-refractivity contribution in [1.29, 1.82) is 0 Å². The summed E-state index contributed by atoms with van der Waals surface area (Å²) in [5.41, 5.74) is 1.52. The number of aryl methyl sites for hydroxylation is 1. The number of amides is 1. The maximum absolute atomic E-state index is 12.2. The van der Waals surface area contributed by atoms with E-state index in [1.165, 1.54) is 23.5 Å². The lowest BCUT2D eigenvalue weighted by atomic mass is 10.2. The molecule has 1 amide bonds. The third-order valence-electron chi connectivity index (χ3n) is 3.42. The molecule has 0 unspecified atom stereocenters. The van der Waals surface area contributed by atoms with Crippen LogP contribution in [0.3, 0.4) is 0 Å². The van der Waals surface area contributed by atoms with Crippen LogP contribution < -0.4 is 5.32 Å². The smallest absolute Gasteiger partial charge is 0.241 e. The normalized spacial score (nSPS) is 11.6. The molecule has 0 saturated carbocycles. The Bertz CT molecular complexity index is 1010. The molecule has 24 heavy (non-hydrogen) atoms. The van der Waals surface area contributed by atoms with Gasteiger partial charge in [0.25, 0.3) is 0 Å². The van der Waals surface area contributed by atoms with Crippen LogP contribution in [0.4, 0.5) is 5.13 Å². The molecule has 2 aromatic carbocycles. The Morgan fingerprint density at radius 1 is 1.21 bits per heavy atom. The first-order valence-electron chi connectivity index (χ1n) is 7.00. The predicted octanol–water partition coefficient (Wildman–Crippen LogP) is 3.67. The average Bonchev–Trinajstić information content (AvgIpc) is 2.94. The average molecular weight is 381 g/mol. The highest BCUT2D eigenvalue weighted by Crippen LogP contribution is 2.31. The Hall–Kier alpha value is -1.96. The van der Waals surface area contributed by atoms with Gasteiger partial charge in [0.1, 0.15) is 5.75 Å². The number of halogens is 1. The fraction of sp³-hybridized carbons (Fsp3) is 0.125. The van der Waals surface area contributed by atoms with Crippen LogP contribution in [0.15, 0.2) is 47.4 Å². The van der Waals surface area contributed by atoms with E-state index in [2.05, 4.69) is 10.3 Å². The Kier molecular flexibility index (Phi) is 4.58. The summed E-state index contributed by atoms with van der Waals surface area (Å²) in [7, 11) is -3.68. The van der Waals surface area contributed by atoms with Gasteiger partial charge < -0.3 is 5.32 Å². The van der Waals surface area contributed by atoms with Gasteiger partial charge in [-0.15, -0.1) is 0 Å². The minimum Gasteiger partial charge on any atom is -0.301 e. The Balaban J connectivity index is 1.79. The summed E-state index contributed by atoms with van der Waals surface area (Å²) < 4.78 is 25.3. The fourth-order valence-corrected chi connectivity index (χ4v) is 4.44. The fourth-order valence-electron chi connectivity index (χ4n) is 2.19. The second-order valence-corrected chi connectivity index (χ2v) is 8.59. The molecule has 1 N–H and O–H groups in total. The van der Waals surface area contributed by atoms with Crippen molar-refractivity contribution in [2.45, 2.75) is 11.8 Å². The van der Waals surface area contributed by atoms with E-state index >= 15 is 0 Å². The van der Waals surface area contributed by atoms with Gasteiger partial charge in [-0.2, -0.15) is 0 Å². The van der Waals surface area contributed by atoms with Gasteiger partial charge in [-0.25, -0.2) is 13.4 Å². The number of fused-ring (bicyclic) bond motifs is 1. The zero-order chi connectivity index (χ0) is 17.3. The lowest BCUT2D eigenvalue weighted by Gasteiger charge is -2.04. The van der Waals surface area contributed by atoms with Crippen molar-refractivity contribution in [3.05, 3.63) is 53.1 Å². The Morgan fingerprint density at radius 3 is 2.62 bits per heavy atom. The van der Waals surface area contributed by atoms with Crippen LogP contribution in [0, 0.1) is 6.92 Å². The van der Waals surface area contributed by atoms with Crippen LogP contribution >= 0.6 is 22.9 Å². The number of hydrogen-bond acceptors (Lipinski definition) is 5. The van der Waals surface area contributed by atoms with Crippen LogP contribution in [-0.4, -0.2) is 25.1 Å². The molecule has 0 aliphatic carbocycles. The van der Waals surface area contributed by atoms with Gasteiger partial charge in [0.15, 0.2) is 15.0 Å². The summed E-state index contributed by atoms with van der Waals surface area (Å²) in [6.07, 6.45) is 0. The van der Waals surface area contributed by atoms with E-state index in [-0.39, 0.29) is 4.90 Å². The molecule has 0 bridgehead atoms. The predicted molar refractivity (Wildman–Crippen MR) is 96.5 cm³/mol. The quantitative estimate of drug-likeness (QED) is 0.749. The topological polar surface area (TPSA) is 76.1 Å². The van der Waals surface area contributed by atoms with Gasteiger partial charge in [0, 0.05) is 5.02 Å². The Labute approximate surface area is 148 Å². The van der Waals surface area contributed by atoms with Crippen LogP contribution in [0.2, 0.25) is 5.02 Å². The minimum absolute atomic E-state index is 0.118. The molecule has 1 heterocycles. The van der Waals surface area contributed by atoms with E-state index in [1.807, 2.05) is 13.0 Å². The number of aromatic nitrogens is 1. The van der Waals surface area contributed by atoms with Crippen LogP contribution in [0.5, 0.6) is 0 Å². The number of anilines is 1. The second kappa shape index (κ2) is 6.51. The van der Waals surface area contributed by atoms with E-state index in [4.69, 9.17) is 11.6 Å². The number of nitrogens with one attached hydrogen (secondary N) is 1. The lowest BCUT2D eigenvalue weighted by molar-refractivity contribution is -0.113. The van der Waals surface area contributed by atoms with E-state index in [1.54, 1.807) is 24.3 Å². The number of benzene rings is 2. The highest BCUT2D eigenvalue weighted by molar-refractivity contribution is 7.92. The second-order valence-electron chi connectivity index (χ2n) is 5.16. The van der Waals surface area contributed by atoms with Crippen molar-refractivity contribution in [3.63, 3.8) is 0 Å². The molecule has 0 saturated heterocycles. The molecule has 3 rings (SSSR count). The van der Waals surface area contributed by atoms with Gasteiger partial charge >= 0.3 is 0 Å². The summed E-state index contributed by atoms with van der Waals surface area (Å²) in [4.78, 5) is 16.5. The van der Waals surface area contributed by atoms with Crippen molar-refractivity contribution in [2.24, 2.45) is 0 Å². The molecule has 5 nitrogen and oxygen atoms in total. The van der Waals surface area contributed by atoms with Crippen molar-refractivity contribution in [1.82, 2.24) is 4.98 Å². The molecule has 8 heteroatoms. The summed E-state index contributed by atoms with van der Waals surface area (Å²) >= 11 is 7.33. The lowest BCUT2D eigenvalue weighted by Crippen LogP contribution is -2.22. The van der Waals surface area contributed by atoms with Crippen LogP contribution in [-0.2, 0) is 14.6 Å². The monoisotopic (exact) mass is 380 g/mol. The highest BCUT2D eigenvalue weighted by atomic mass is 35.5. The number of sulfone groups is 1. The molecule has 0 atom stereocenters. The van der Waals surface area contributed by atoms with E-state index < -0.39 is 21.5 Å². The minimum atomic E-state index is -3.68. The number of nitrogens with zero attached hydrogens (tertiary/aromatic N) is 1. The molecular formula is C16H13ClN2O3S2. The largest absolute Gasteiger partial charge is 0.301 e. The molecule has 0 spiro atoms. The molecular weight excluding hydrogens is 368 g/mol. The third kappa shape index (κ3) is 3.43. The zero-order valence-electron chi connectivity index (χ0n) is 12.6. The van der Waals surface area contributed by atoms with Gasteiger partial charge in [-0.1, -0.05) is 41.1 Å². The summed E-state index contributed by atoms with van der Waals surface area (Å²) in [5.74, 6) is -1.26. The number of thiazole rings is 1. The van der Waals surface area contributed by atoms with Gasteiger partial charge in [0.2, 0.25) is 5.91 Å². The summed E-state index contributed by atoms with van der Waals surface area (Å²) in [6.45, 7) is 1.84. The Morgan fingerprint density at radius 2 is 1.92 bits per heavy atom. The van der Waals surface area contributed by atoms with Crippen molar-refractivity contribution >= 4 is 54.0 Å².